The number of alkyl halides is 3. The summed E-state index contributed by atoms with van der Waals surface area (Å²) in [5.74, 6) is -0.611. The standard InChI is InChI=1S/C22H20F3NO7S/c1-4-10-32-20-17(12-26)16(8-9-19(20)30-2)14-6-5-7-15(11-14)18(21(27)31-3)13-33-34(28,29)22(23,24)25/h5-9,11,13H,4,10H2,1-3H3/b18-13-. The van der Waals surface area contributed by atoms with E-state index < -0.39 is 27.2 Å². The number of hydrogen-bond donors (Lipinski definition) is 0. The summed E-state index contributed by atoms with van der Waals surface area (Å²) >= 11 is 0. The van der Waals surface area contributed by atoms with Crippen molar-refractivity contribution in [1.29, 1.82) is 5.26 Å². The van der Waals surface area contributed by atoms with Gasteiger partial charge in [-0.25, -0.2) is 4.79 Å². The quantitative estimate of drug-likeness (QED) is 0.164. The van der Waals surface area contributed by atoms with E-state index in [1.807, 2.05) is 6.92 Å². The third kappa shape index (κ3) is 5.79. The summed E-state index contributed by atoms with van der Waals surface area (Å²) in [6.07, 6.45) is 0.824. The van der Waals surface area contributed by atoms with Crippen LogP contribution in [0, 0.1) is 11.3 Å². The Morgan fingerprint density at radius 1 is 1.18 bits per heavy atom. The lowest BCUT2D eigenvalue weighted by Crippen LogP contribution is -2.24. The molecule has 0 saturated carbocycles. The summed E-state index contributed by atoms with van der Waals surface area (Å²) in [7, 11) is -3.62. The Morgan fingerprint density at radius 2 is 1.88 bits per heavy atom. The summed E-state index contributed by atoms with van der Waals surface area (Å²) < 4.78 is 79.7. The molecule has 2 aromatic rings. The van der Waals surface area contributed by atoms with E-state index in [1.54, 1.807) is 18.2 Å². The minimum absolute atomic E-state index is 0.0162. The molecule has 0 amide bonds. The number of hydrogen-bond acceptors (Lipinski definition) is 8. The van der Waals surface area contributed by atoms with Gasteiger partial charge in [0, 0.05) is 5.56 Å². The molecule has 182 valence electrons. The van der Waals surface area contributed by atoms with Crippen LogP contribution in [0.25, 0.3) is 16.7 Å². The van der Waals surface area contributed by atoms with Gasteiger partial charge in [-0.05, 0) is 35.7 Å². The number of halogens is 3. The highest BCUT2D eigenvalue weighted by Crippen LogP contribution is 2.38. The Balaban J connectivity index is 2.63. The van der Waals surface area contributed by atoms with Crippen LogP contribution in [0.2, 0.25) is 0 Å². The molecule has 0 fully saturated rings. The number of methoxy groups -OCH3 is 2. The summed E-state index contributed by atoms with van der Waals surface area (Å²) in [4.78, 5) is 12.2. The van der Waals surface area contributed by atoms with E-state index >= 15 is 0 Å². The SMILES string of the molecule is CCCOc1c(OC)ccc(-c2cccc(/C(=C/OS(=O)(=O)C(F)(F)F)C(=O)OC)c2)c1C#N. The van der Waals surface area contributed by atoms with Crippen LogP contribution in [-0.4, -0.2) is 40.7 Å². The fraction of sp³-hybridized carbons (Fsp3) is 0.273. The van der Waals surface area contributed by atoms with Gasteiger partial charge in [0.2, 0.25) is 0 Å². The Labute approximate surface area is 194 Å². The van der Waals surface area contributed by atoms with Gasteiger partial charge in [0.1, 0.15) is 23.5 Å². The lowest BCUT2D eigenvalue weighted by Gasteiger charge is -2.15. The molecular formula is C22H20F3NO7S. The van der Waals surface area contributed by atoms with Crippen molar-refractivity contribution in [2.24, 2.45) is 0 Å². The van der Waals surface area contributed by atoms with Crippen molar-refractivity contribution in [3.63, 3.8) is 0 Å². The van der Waals surface area contributed by atoms with Gasteiger partial charge < -0.3 is 18.4 Å². The zero-order valence-electron chi connectivity index (χ0n) is 18.3. The van der Waals surface area contributed by atoms with E-state index in [2.05, 4.69) is 15.0 Å². The smallest absolute Gasteiger partial charge is 0.493 e. The van der Waals surface area contributed by atoms with E-state index in [0.717, 1.165) is 7.11 Å². The first-order valence-corrected chi connectivity index (χ1v) is 11.0. The summed E-state index contributed by atoms with van der Waals surface area (Å²) in [5.41, 5.74) is -5.41. The van der Waals surface area contributed by atoms with E-state index in [9.17, 15) is 31.6 Å². The minimum atomic E-state index is -6.00. The average Bonchev–Trinajstić information content (AvgIpc) is 2.81. The fourth-order valence-corrected chi connectivity index (χ4v) is 3.12. The molecule has 0 heterocycles. The van der Waals surface area contributed by atoms with Crippen LogP contribution in [0.4, 0.5) is 13.2 Å². The Kier molecular flexibility index (Phi) is 8.53. The van der Waals surface area contributed by atoms with Gasteiger partial charge in [-0.1, -0.05) is 25.1 Å². The molecule has 2 aromatic carbocycles. The van der Waals surface area contributed by atoms with Gasteiger partial charge in [0.15, 0.2) is 11.5 Å². The van der Waals surface area contributed by atoms with Crippen LogP contribution in [0.1, 0.15) is 24.5 Å². The monoisotopic (exact) mass is 499 g/mol. The molecule has 12 heteroatoms. The molecular weight excluding hydrogens is 479 g/mol. The maximum absolute atomic E-state index is 12.6. The molecule has 0 atom stereocenters. The van der Waals surface area contributed by atoms with E-state index in [0.29, 0.717) is 29.9 Å². The molecule has 0 aromatic heterocycles. The normalized spacial score (nSPS) is 12.0. The van der Waals surface area contributed by atoms with Gasteiger partial charge in [-0.3, -0.25) is 0 Å². The fourth-order valence-electron chi connectivity index (χ4n) is 2.79. The van der Waals surface area contributed by atoms with Gasteiger partial charge in [-0.15, -0.1) is 0 Å². The van der Waals surface area contributed by atoms with Crippen molar-refractivity contribution >= 4 is 21.7 Å². The average molecular weight is 499 g/mol. The predicted molar refractivity (Wildman–Crippen MR) is 115 cm³/mol. The van der Waals surface area contributed by atoms with Crippen molar-refractivity contribution in [3.8, 4) is 28.7 Å². The van der Waals surface area contributed by atoms with Crippen molar-refractivity contribution in [1.82, 2.24) is 0 Å². The maximum Gasteiger partial charge on any atom is 0.534 e. The lowest BCUT2D eigenvalue weighted by atomic mass is 9.95. The van der Waals surface area contributed by atoms with Crippen LogP contribution in [-0.2, 0) is 23.8 Å². The molecule has 0 N–H and O–H groups in total. The van der Waals surface area contributed by atoms with Gasteiger partial charge >= 0.3 is 21.6 Å². The number of nitriles is 1. The topological polar surface area (TPSA) is 112 Å². The zero-order valence-corrected chi connectivity index (χ0v) is 19.1. The largest absolute Gasteiger partial charge is 0.534 e. The Hall–Kier alpha value is -3.72. The second-order valence-corrected chi connectivity index (χ2v) is 8.14. The van der Waals surface area contributed by atoms with Crippen molar-refractivity contribution in [3.05, 3.63) is 53.8 Å². The first kappa shape index (κ1) is 26.5. The summed E-state index contributed by atoms with van der Waals surface area (Å²) in [5, 5.41) is 9.77. The number of nitrogens with zero attached hydrogens (tertiary/aromatic N) is 1. The summed E-state index contributed by atoms with van der Waals surface area (Å²) in [6.45, 7) is 2.20. The highest BCUT2D eigenvalue weighted by Gasteiger charge is 2.48. The Bertz CT molecular complexity index is 1230. The number of ether oxygens (including phenoxy) is 3. The van der Waals surface area contributed by atoms with Gasteiger partial charge in [0.25, 0.3) is 0 Å². The first-order chi connectivity index (χ1) is 16.0. The second-order valence-electron chi connectivity index (χ2n) is 6.58. The molecule has 0 bridgehead atoms. The Morgan fingerprint density at radius 3 is 2.44 bits per heavy atom. The van der Waals surface area contributed by atoms with Crippen LogP contribution in [0.15, 0.2) is 42.7 Å². The number of esters is 1. The van der Waals surface area contributed by atoms with Crippen LogP contribution >= 0.6 is 0 Å². The molecule has 2 rings (SSSR count). The molecule has 0 unspecified atom stereocenters. The maximum atomic E-state index is 12.6. The second kappa shape index (κ2) is 10.9. The molecule has 0 aliphatic carbocycles. The first-order valence-electron chi connectivity index (χ1n) is 9.63. The van der Waals surface area contributed by atoms with Gasteiger partial charge in [-0.2, -0.15) is 26.9 Å². The van der Waals surface area contributed by atoms with E-state index in [1.165, 1.54) is 25.3 Å². The summed E-state index contributed by atoms with van der Waals surface area (Å²) in [6, 6.07) is 10.9. The molecule has 0 saturated heterocycles. The molecule has 34 heavy (non-hydrogen) atoms. The highest BCUT2D eigenvalue weighted by atomic mass is 32.2. The van der Waals surface area contributed by atoms with Crippen LogP contribution < -0.4 is 9.47 Å². The molecule has 0 spiro atoms. The zero-order chi connectivity index (χ0) is 25.5. The molecule has 0 aliphatic heterocycles. The van der Waals surface area contributed by atoms with Crippen molar-refractivity contribution in [2.75, 3.05) is 20.8 Å². The third-order valence-corrected chi connectivity index (χ3v) is 5.29. The number of carbonyl (C=O) groups is 1. The molecule has 0 radical (unpaired) electrons. The molecule has 0 aliphatic rings. The van der Waals surface area contributed by atoms with Crippen LogP contribution in [0.5, 0.6) is 11.5 Å². The lowest BCUT2D eigenvalue weighted by molar-refractivity contribution is -0.133. The number of rotatable bonds is 9. The predicted octanol–water partition coefficient (Wildman–Crippen LogP) is 4.40. The van der Waals surface area contributed by atoms with Crippen LogP contribution in [0.3, 0.4) is 0 Å². The van der Waals surface area contributed by atoms with Crippen molar-refractivity contribution < 1.29 is 44.8 Å². The van der Waals surface area contributed by atoms with E-state index in [-0.39, 0.29) is 23.1 Å². The minimum Gasteiger partial charge on any atom is -0.493 e. The number of benzene rings is 2. The highest BCUT2D eigenvalue weighted by molar-refractivity contribution is 7.87. The third-order valence-electron chi connectivity index (χ3n) is 4.37. The van der Waals surface area contributed by atoms with Crippen molar-refractivity contribution in [2.45, 2.75) is 18.9 Å². The van der Waals surface area contributed by atoms with Gasteiger partial charge in [0.05, 0.1) is 20.8 Å². The number of carbonyl (C=O) groups excluding carboxylic acids is 1. The van der Waals surface area contributed by atoms with E-state index in [4.69, 9.17) is 9.47 Å². The molecule has 8 nitrogen and oxygen atoms in total.